The average molecular weight is 348 g/mol. The minimum atomic E-state index is -0.353. The molecular weight excluding hydrogens is 332 g/mol. The van der Waals surface area contributed by atoms with E-state index in [-0.39, 0.29) is 12.6 Å². The molecule has 0 aliphatic carbocycles. The zero-order valence-corrected chi connectivity index (χ0v) is 14.3. The molecule has 1 aromatic heterocycles. The Kier molecular flexibility index (Phi) is 6.51. The largest absolute Gasteiger partial charge is 0.493 e. The van der Waals surface area contributed by atoms with E-state index >= 15 is 0 Å². The first-order chi connectivity index (χ1) is 11.6. The second-order valence-electron chi connectivity index (χ2n) is 4.37. The lowest BCUT2D eigenvalue weighted by molar-refractivity contribution is -0.139. The van der Waals surface area contributed by atoms with Crippen molar-refractivity contribution in [3.8, 4) is 34.8 Å². The van der Waals surface area contributed by atoms with Gasteiger partial charge >= 0.3 is 5.97 Å². The second kappa shape index (κ2) is 8.84. The van der Waals surface area contributed by atoms with Gasteiger partial charge in [0, 0.05) is 12.5 Å². The zero-order valence-electron chi connectivity index (χ0n) is 13.5. The van der Waals surface area contributed by atoms with E-state index in [0.29, 0.717) is 28.4 Å². The molecule has 0 saturated carbocycles. The van der Waals surface area contributed by atoms with Crippen LogP contribution in [-0.2, 0) is 9.53 Å². The third kappa shape index (κ3) is 4.93. The van der Waals surface area contributed by atoms with Crippen molar-refractivity contribution in [3.05, 3.63) is 18.2 Å². The number of benzene rings is 1. The molecule has 24 heavy (non-hydrogen) atoms. The molecule has 0 fully saturated rings. The number of nitrogens with zero attached hydrogens (tertiary/aromatic N) is 2. The normalized spacial score (nSPS) is 9.79. The second-order valence-corrected chi connectivity index (χ2v) is 5.29. The summed E-state index contributed by atoms with van der Waals surface area (Å²) in [5.74, 6) is 7.25. The van der Waals surface area contributed by atoms with Crippen molar-refractivity contribution in [3.63, 3.8) is 0 Å². The first-order valence-corrected chi connectivity index (χ1v) is 7.90. The van der Waals surface area contributed by atoms with Gasteiger partial charge in [0.25, 0.3) is 5.22 Å². The highest BCUT2D eigenvalue weighted by Gasteiger charge is 2.12. The molecule has 0 unspecified atom stereocenters. The Morgan fingerprint density at radius 3 is 2.71 bits per heavy atom. The van der Waals surface area contributed by atoms with E-state index < -0.39 is 0 Å². The number of hydrogen-bond acceptors (Lipinski definition) is 8. The van der Waals surface area contributed by atoms with Crippen LogP contribution in [0.25, 0.3) is 11.5 Å². The molecule has 0 radical (unpaired) electrons. The zero-order chi connectivity index (χ0) is 17.4. The van der Waals surface area contributed by atoms with Gasteiger partial charge in [0.2, 0.25) is 5.89 Å². The summed E-state index contributed by atoms with van der Waals surface area (Å²) < 4.78 is 20.7. The van der Waals surface area contributed by atoms with E-state index in [2.05, 4.69) is 22.0 Å². The van der Waals surface area contributed by atoms with Gasteiger partial charge in [-0.15, -0.1) is 10.2 Å². The maximum Gasteiger partial charge on any atom is 0.303 e. The number of rotatable bonds is 6. The topological polar surface area (TPSA) is 83.7 Å². The van der Waals surface area contributed by atoms with Crippen LogP contribution in [0.4, 0.5) is 0 Å². The molecule has 0 atom stereocenters. The average Bonchev–Trinajstić information content (AvgIpc) is 3.06. The van der Waals surface area contributed by atoms with Crippen molar-refractivity contribution in [1.29, 1.82) is 0 Å². The number of esters is 1. The van der Waals surface area contributed by atoms with Gasteiger partial charge in [0.1, 0.15) is 0 Å². The van der Waals surface area contributed by atoms with Gasteiger partial charge in [0.05, 0.1) is 20.0 Å². The first-order valence-electron chi connectivity index (χ1n) is 6.92. The summed E-state index contributed by atoms with van der Waals surface area (Å²) in [7, 11) is 3.13. The van der Waals surface area contributed by atoms with E-state index in [1.54, 1.807) is 26.4 Å². The number of hydrogen-bond donors (Lipinski definition) is 0. The van der Waals surface area contributed by atoms with Gasteiger partial charge in [-0.05, 0) is 18.2 Å². The van der Waals surface area contributed by atoms with Crippen molar-refractivity contribution in [2.45, 2.75) is 12.1 Å². The molecule has 0 bridgehead atoms. The van der Waals surface area contributed by atoms with Crippen LogP contribution in [-0.4, -0.2) is 42.7 Å². The smallest absolute Gasteiger partial charge is 0.303 e. The number of carbonyl (C=O) groups excluding carboxylic acids is 1. The van der Waals surface area contributed by atoms with Gasteiger partial charge in [-0.3, -0.25) is 4.79 Å². The van der Waals surface area contributed by atoms with Gasteiger partial charge < -0.3 is 18.6 Å². The van der Waals surface area contributed by atoms with Crippen molar-refractivity contribution < 1.29 is 23.4 Å². The minimum absolute atomic E-state index is 0.0800. The molecular formula is C16H16N2O5S. The van der Waals surface area contributed by atoms with E-state index in [9.17, 15) is 4.79 Å². The summed E-state index contributed by atoms with van der Waals surface area (Å²) in [6.45, 7) is 1.42. The van der Waals surface area contributed by atoms with Gasteiger partial charge in [-0.25, -0.2) is 0 Å². The van der Waals surface area contributed by atoms with Crippen molar-refractivity contribution in [2.75, 3.05) is 26.6 Å². The Hall–Kier alpha value is -2.66. The van der Waals surface area contributed by atoms with Crippen molar-refractivity contribution >= 4 is 17.7 Å². The summed E-state index contributed by atoms with van der Waals surface area (Å²) in [6, 6.07) is 5.34. The maximum atomic E-state index is 10.6. The van der Waals surface area contributed by atoms with Crippen LogP contribution in [0.2, 0.25) is 0 Å². The molecule has 0 N–H and O–H groups in total. The summed E-state index contributed by atoms with van der Waals surface area (Å²) in [5, 5.41) is 8.37. The minimum Gasteiger partial charge on any atom is -0.493 e. The maximum absolute atomic E-state index is 10.6. The Morgan fingerprint density at radius 1 is 1.21 bits per heavy atom. The van der Waals surface area contributed by atoms with Crippen LogP contribution in [0.3, 0.4) is 0 Å². The number of thioether (sulfide) groups is 1. The lowest BCUT2D eigenvalue weighted by Gasteiger charge is -2.07. The summed E-state index contributed by atoms with van der Waals surface area (Å²) in [6.07, 6.45) is 0. The summed E-state index contributed by atoms with van der Waals surface area (Å²) in [5.41, 5.74) is 0.730. The highest BCUT2D eigenvalue weighted by Crippen LogP contribution is 2.32. The Labute approximate surface area is 143 Å². The van der Waals surface area contributed by atoms with Crippen LogP contribution in [0.1, 0.15) is 6.92 Å². The number of ether oxygens (including phenoxy) is 3. The summed E-state index contributed by atoms with van der Waals surface area (Å²) >= 11 is 1.30. The van der Waals surface area contributed by atoms with Crippen LogP contribution in [0.5, 0.6) is 11.5 Å². The molecule has 0 saturated heterocycles. The molecule has 0 aliphatic rings. The van der Waals surface area contributed by atoms with Gasteiger partial charge in [-0.1, -0.05) is 23.6 Å². The third-order valence-electron chi connectivity index (χ3n) is 2.78. The lowest BCUT2D eigenvalue weighted by atomic mass is 10.2. The molecule has 1 aromatic carbocycles. The first kappa shape index (κ1) is 17.7. The van der Waals surface area contributed by atoms with E-state index in [4.69, 9.17) is 18.6 Å². The molecule has 0 aliphatic heterocycles. The van der Waals surface area contributed by atoms with E-state index in [1.807, 2.05) is 6.07 Å². The highest BCUT2D eigenvalue weighted by atomic mass is 32.2. The van der Waals surface area contributed by atoms with Crippen LogP contribution >= 0.6 is 11.8 Å². The van der Waals surface area contributed by atoms with Crippen molar-refractivity contribution in [1.82, 2.24) is 10.2 Å². The molecule has 7 nitrogen and oxygen atoms in total. The molecule has 2 aromatic rings. The number of carbonyl (C=O) groups is 1. The molecule has 1 heterocycles. The fraction of sp³-hybridized carbons (Fsp3) is 0.312. The Morgan fingerprint density at radius 2 is 2.00 bits per heavy atom. The van der Waals surface area contributed by atoms with Crippen molar-refractivity contribution in [2.24, 2.45) is 0 Å². The molecule has 126 valence electrons. The number of aromatic nitrogens is 2. The Balaban J connectivity index is 1.97. The highest BCUT2D eigenvalue weighted by molar-refractivity contribution is 7.99. The molecule has 0 spiro atoms. The lowest BCUT2D eigenvalue weighted by Crippen LogP contribution is -1.97. The SMILES string of the molecule is COc1ccc(-c2nnc(SCC#CCOC(C)=O)o2)cc1OC. The standard InChI is InChI=1S/C16H16N2O5S/c1-11(19)22-8-4-5-9-24-16-18-17-15(23-16)12-6-7-13(20-2)14(10-12)21-3/h6-7,10H,8-9H2,1-3H3. The van der Waals surface area contributed by atoms with Crippen LogP contribution < -0.4 is 9.47 Å². The summed E-state index contributed by atoms with van der Waals surface area (Å²) in [4.78, 5) is 10.6. The van der Waals surface area contributed by atoms with Gasteiger partial charge in [-0.2, -0.15) is 0 Å². The third-order valence-corrected chi connectivity index (χ3v) is 3.48. The molecule has 2 rings (SSSR count). The predicted octanol–water partition coefficient (Wildman–Crippen LogP) is 2.41. The molecule has 0 amide bonds. The Bertz CT molecular complexity index is 763. The molecule has 8 heteroatoms. The fourth-order valence-corrected chi connectivity index (χ4v) is 2.23. The van der Waals surface area contributed by atoms with Gasteiger partial charge in [0.15, 0.2) is 18.1 Å². The number of methoxy groups -OCH3 is 2. The fourth-order valence-electron chi connectivity index (χ4n) is 1.69. The van der Waals surface area contributed by atoms with E-state index in [1.165, 1.54) is 18.7 Å². The monoisotopic (exact) mass is 348 g/mol. The van der Waals surface area contributed by atoms with E-state index in [0.717, 1.165) is 5.56 Å². The van der Waals surface area contributed by atoms with Crippen LogP contribution in [0, 0.1) is 11.8 Å². The quantitative estimate of drug-likeness (QED) is 0.447. The predicted molar refractivity (Wildman–Crippen MR) is 88.0 cm³/mol. The van der Waals surface area contributed by atoms with Crippen LogP contribution in [0.15, 0.2) is 27.8 Å².